The Morgan fingerprint density at radius 3 is 2.63 bits per heavy atom. The zero-order valence-corrected chi connectivity index (χ0v) is 18.9. The van der Waals surface area contributed by atoms with Gasteiger partial charge in [0.05, 0.1) is 17.7 Å². The number of hydrogen-bond acceptors (Lipinski definition) is 6. The van der Waals surface area contributed by atoms with Crippen molar-refractivity contribution in [1.29, 1.82) is 0 Å². The van der Waals surface area contributed by atoms with Gasteiger partial charge in [-0.2, -0.15) is 0 Å². The molecule has 1 fully saturated rings. The second kappa shape index (κ2) is 8.19. The van der Waals surface area contributed by atoms with Crippen molar-refractivity contribution in [3.8, 4) is 5.75 Å². The van der Waals surface area contributed by atoms with Crippen molar-refractivity contribution in [3.05, 3.63) is 82.1 Å². The second-order valence-corrected chi connectivity index (χ2v) is 9.17. The van der Waals surface area contributed by atoms with Gasteiger partial charge in [-0.15, -0.1) is 10.2 Å². The van der Waals surface area contributed by atoms with E-state index in [1.807, 2.05) is 0 Å². The SMILES string of the molecule is NC(=O)c1cccc2c1O/C(=C\c1ccc(C(=O)N3CCn4c(CC5CC5)nnc4C3)cc1)C2=O. The van der Waals surface area contributed by atoms with Crippen molar-refractivity contribution in [2.75, 3.05) is 6.54 Å². The smallest absolute Gasteiger partial charge is 0.254 e. The number of benzene rings is 2. The number of carbonyl (C=O) groups excluding carboxylic acids is 3. The van der Waals surface area contributed by atoms with Gasteiger partial charge in [-0.25, -0.2) is 0 Å². The molecule has 2 amide bonds. The Balaban J connectivity index is 1.16. The van der Waals surface area contributed by atoms with Crippen LogP contribution < -0.4 is 10.5 Å². The van der Waals surface area contributed by atoms with E-state index in [1.165, 1.54) is 18.9 Å². The highest BCUT2D eigenvalue weighted by Crippen LogP contribution is 2.35. The average Bonchev–Trinajstić information content (AvgIpc) is 3.52. The van der Waals surface area contributed by atoms with Crippen LogP contribution in [0.25, 0.3) is 6.08 Å². The van der Waals surface area contributed by atoms with Gasteiger partial charge in [-0.3, -0.25) is 14.4 Å². The van der Waals surface area contributed by atoms with Gasteiger partial charge in [0, 0.05) is 25.1 Å². The van der Waals surface area contributed by atoms with Gasteiger partial charge in [0.1, 0.15) is 5.82 Å². The van der Waals surface area contributed by atoms with Gasteiger partial charge in [-0.1, -0.05) is 18.2 Å². The topological polar surface area (TPSA) is 120 Å². The molecule has 9 nitrogen and oxygen atoms in total. The zero-order chi connectivity index (χ0) is 24.1. The maximum atomic E-state index is 13.1. The number of aromatic nitrogens is 3. The summed E-state index contributed by atoms with van der Waals surface area (Å²) in [5, 5.41) is 8.66. The van der Waals surface area contributed by atoms with E-state index in [0.29, 0.717) is 36.3 Å². The molecule has 0 saturated heterocycles. The Bertz CT molecular complexity index is 1400. The van der Waals surface area contributed by atoms with Gasteiger partial charge in [0.25, 0.3) is 11.8 Å². The fraction of sp³-hybridized carbons (Fsp3) is 0.269. The summed E-state index contributed by atoms with van der Waals surface area (Å²) in [7, 11) is 0. The van der Waals surface area contributed by atoms with Crippen LogP contribution in [0.4, 0.5) is 0 Å². The summed E-state index contributed by atoms with van der Waals surface area (Å²) >= 11 is 0. The predicted molar refractivity (Wildman–Crippen MR) is 126 cm³/mol. The number of amides is 2. The van der Waals surface area contributed by atoms with Crippen LogP contribution in [0.5, 0.6) is 5.75 Å². The molecule has 1 saturated carbocycles. The third kappa shape index (κ3) is 3.88. The summed E-state index contributed by atoms with van der Waals surface area (Å²) in [6.45, 7) is 1.74. The number of hydrogen-bond donors (Lipinski definition) is 1. The van der Waals surface area contributed by atoms with E-state index in [-0.39, 0.29) is 28.8 Å². The van der Waals surface area contributed by atoms with Gasteiger partial charge in [0.2, 0.25) is 5.78 Å². The minimum Gasteiger partial charge on any atom is -0.452 e. The van der Waals surface area contributed by atoms with Crippen LogP contribution in [-0.4, -0.2) is 43.8 Å². The molecule has 176 valence electrons. The molecule has 2 aliphatic heterocycles. The lowest BCUT2D eigenvalue weighted by Gasteiger charge is -2.28. The zero-order valence-electron chi connectivity index (χ0n) is 18.9. The number of ketones is 1. The van der Waals surface area contributed by atoms with Crippen molar-refractivity contribution in [2.45, 2.75) is 32.4 Å². The largest absolute Gasteiger partial charge is 0.452 e. The lowest BCUT2D eigenvalue weighted by molar-refractivity contribution is 0.0706. The fourth-order valence-electron chi connectivity index (χ4n) is 4.58. The first kappa shape index (κ1) is 21.3. The highest BCUT2D eigenvalue weighted by molar-refractivity contribution is 6.16. The van der Waals surface area contributed by atoms with Crippen LogP contribution in [0.3, 0.4) is 0 Å². The number of ether oxygens (including phenoxy) is 1. The van der Waals surface area contributed by atoms with E-state index >= 15 is 0 Å². The normalized spacial score (nSPS) is 17.8. The molecular formula is C26H23N5O4. The maximum Gasteiger partial charge on any atom is 0.254 e. The van der Waals surface area contributed by atoms with Crippen molar-refractivity contribution in [3.63, 3.8) is 0 Å². The first-order valence-electron chi connectivity index (χ1n) is 11.7. The second-order valence-electron chi connectivity index (χ2n) is 9.17. The van der Waals surface area contributed by atoms with Crippen LogP contribution in [0.2, 0.25) is 0 Å². The minimum absolute atomic E-state index is 0.0751. The van der Waals surface area contributed by atoms with Crippen molar-refractivity contribution < 1.29 is 19.1 Å². The van der Waals surface area contributed by atoms with E-state index in [9.17, 15) is 14.4 Å². The molecule has 2 N–H and O–H groups in total. The van der Waals surface area contributed by atoms with Crippen molar-refractivity contribution in [1.82, 2.24) is 19.7 Å². The molecule has 1 aliphatic carbocycles. The Labute approximate surface area is 201 Å². The van der Waals surface area contributed by atoms with Gasteiger partial charge < -0.3 is 19.9 Å². The Morgan fingerprint density at radius 1 is 1.09 bits per heavy atom. The number of allylic oxidation sites excluding steroid dienone is 1. The molecule has 0 radical (unpaired) electrons. The number of fused-ring (bicyclic) bond motifs is 2. The van der Waals surface area contributed by atoms with E-state index < -0.39 is 5.91 Å². The number of Topliss-reactive ketones (excluding diaryl/α,β-unsaturated/α-hetero) is 1. The Morgan fingerprint density at radius 2 is 1.89 bits per heavy atom. The Kier molecular flexibility index (Phi) is 4.98. The highest BCUT2D eigenvalue weighted by Gasteiger charge is 2.31. The molecule has 6 rings (SSSR count). The molecule has 0 atom stereocenters. The van der Waals surface area contributed by atoms with Gasteiger partial charge in [0.15, 0.2) is 17.3 Å². The lowest BCUT2D eigenvalue weighted by Crippen LogP contribution is -2.38. The van der Waals surface area contributed by atoms with Gasteiger partial charge >= 0.3 is 0 Å². The first-order chi connectivity index (χ1) is 17.0. The van der Waals surface area contributed by atoms with Crippen LogP contribution in [0.15, 0.2) is 48.2 Å². The molecule has 0 bridgehead atoms. The number of para-hydroxylation sites is 1. The monoisotopic (exact) mass is 469 g/mol. The molecule has 0 spiro atoms. The van der Waals surface area contributed by atoms with Crippen LogP contribution >= 0.6 is 0 Å². The number of nitrogens with two attached hydrogens (primary N) is 1. The average molecular weight is 470 g/mol. The third-order valence-electron chi connectivity index (χ3n) is 6.70. The molecule has 35 heavy (non-hydrogen) atoms. The van der Waals surface area contributed by atoms with Gasteiger partial charge in [-0.05, 0) is 54.7 Å². The molecule has 1 aromatic heterocycles. The third-order valence-corrected chi connectivity index (χ3v) is 6.70. The predicted octanol–water partition coefficient (Wildman–Crippen LogP) is 2.60. The van der Waals surface area contributed by atoms with E-state index in [1.54, 1.807) is 47.4 Å². The molecule has 9 heteroatoms. The van der Waals surface area contributed by atoms with Crippen molar-refractivity contribution >= 4 is 23.7 Å². The summed E-state index contributed by atoms with van der Waals surface area (Å²) in [5.41, 5.74) is 7.11. The summed E-state index contributed by atoms with van der Waals surface area (Å²) < 4.78 is 7.82. The molecule has 3 aromatic rings. The molecule has 2 aromatic carbocycles. The molecule has 0 unspecified atom stereocenters. The molecule has 3 heterocycles. The highest BCUT2D eigenvalue weighted by atomic mass is 16.5. The first-order valence-corrected chi connectivity index (χ1v) is 11.7. The Hall–Kier alpha value is -4.27. The summed E-state index contributed by atoms with van der Waals surface area (Å²) in [6.07, 6.45) is 5.09. The number of rotatable bonds is 5. The number of nitrogens with zero attached hydrogens (tertiary/aromatic N) is 4. The lowest BCUT2D eigenvalue weighted by atomic mass is 10.0. The summed E-state index contributed by atoms with van der Waals surface area (Å²) in [4.78, 5) is 39.2. The van der Waals surface area contributed by atoms with E-state index in [0.717, 1.165) is 24.0 Å². The van der Waals surface area contributed by atoms with Crippen LogP contribution in [0, 0.1) is 5.92 Å². The molecular weight excluding hydrogens is 446 g/mol. The maximum absolute atomic E-state index is 13.1. The summed E-state index contributed by atoms with van der Waals surface area (Å²) in [6, 6.07) is 11.7. The minimum atomic E-state index is -0.658. The quantitative estimate of drug-likeness (QED) is 0.574. The van der Waals surface area contributed by atoms with Crippen LogP contribution in [-0.2, 0) is 19.5 Å². The number of carbonyl (C=O) groups is 3. The van der Waals surface area contributed by atoms with E-state index in [2.05, 4.69) is 14.8 Å². The van der Waals surface area contributed by atoms with Crippen LogP contribution in [0.1, 0.15) is 61.1 Å². The van der Waals surface area contributed by atoms with Crippen molar-refractivity contribution in [2.24, 2.45) is 11.7 Å². The summed E-state index contributed by atoms with van der Waals surface area (Å²) in [5.74, 6) is 1.82. The standard InChI is InChI=1S/C26H23N5O4/c27-25(33)19-3-1-2-18-23(32)20(35-24(18)19)12-15-6-8-17(9-7-15)26(34)30-10-11-31-21(13-16-4-5-16)28-29-22(31)14-30/h1-3,6-9,12,16H,4-5,10-11,13-14H2,(H2,27,33)/b20-12-. The van der Waals surface area contributed by atoms with E-state index in [4.69, 9.17) is 10.5 Å². The molecule has 3 aliphatic rings. The fourth-order valence-corrected chi connectivity index (χ4v) is 4.58. The number of primary amides is 1.